The Labute approximate surface area is 209 Å². The van der Waals surface area contributed by atoms with Gasteiger partial charge < -0.3 is 29.9 Å². The smallest absolute Gasteiger partial charge is 0.416 e. The fraction of sp³-hybridized carbons (Fsp3) is 0.440. The number of hydrogen-bond acceptors (Lipinski definition) is 5. The molecule has 8 nitrogen and oxygen atoms in total. The third-order valence-electron chi connectivity index (χ3n) is 6.58. The second-order valence-corrected chi connectivity index (χ2v) is 8.94. The molecule has 4 rings (SSSR count). The quantitative estimate of drug-likeness (QED) is 0.500. The maximum atomic E-state index is 13.7. The molecular weight excluding hydrogens is 500 g/mol. The number of rotatable bonds is 6. The summed E-state index contributed by atoms with van der Waals surface area (Å²) in [4.78, 5) is 26.6. The van der Waals surface area contributed by atoms with Crippen LogP contribution < -0.4 is 5.32 Å². The van der Waals surface area contributed by atoms with Crippen LogP contribution in [-0.2, 0) is 20.7 Å². The molecule has 200 valence electrons. The molecule has 3 N–H and O–H groups in total. The van der Waals surface area contributed by atoms with Gasteiger partial charge >= 0.3 is 12.3 Å². The predicted octanol–water partition coefficient (Wildman–Crippen LogP) is 3.03. The molecule has 0 unspecified atom stereocenters. The average Bonchev–Trinajstić information content (AvgIpc) is 2.86. The number of carbonyl (C=O) groups excluding carboxylic acids is 1. The molecule has 2 heterocycles. The van der Waals surface area contributed by atoms with Crippen LogP contribution in [0.1, 0.15) is 29.2 Å². The molecule has 2 aliphatic rings. The zero-order valence-corrected chi connectivity index (χ0v) is 19.5. The number of hydrogen-bond donors (Lipinski definition) is 3. The fourth-order valence-electron chi connectivity index (χ4n) is 4.82. The van der Waals surface area contributed by atoms with Crippen molar-refractivity contribution in [1.82, 2.24) is 10.2 Å². The van der Waals surface area contributed by atoms with E-state index in [0.29, 0.717) is 18.5 Å². The van der Waals surface area contributed by atoms with Crippen LogP contribution in [0.3, 0.4) is 0 Å². The van der Waals surface area contributed by atoms with E-state index in [9.17, 15) is 32.3 Å². The summed E-state index contributed by atoms with van der Waals surface area (Å²) in [5.74, 6) is -0.913. The Balaban J connectivity index is 1.58. The molecule has 0 saturated carbocycles. The minimum atomic E-state index is -4.88. The first kappa shape index (κ1) is 26.8. The van der Waals surface area contributed by atoms with Gasteiger partial charge in [0.1, 0.15) is 18.0 Å². The van der Waals surface area contributed by atoms with Crippen LogP contribution >= 0.6 is 0 Å². The van der Waals surface area contributed by atoms with Crippen LogP contribution in [0.4, 0.5) is 22.4 Å². The highest BCUT2D eigenvalue weighted by molar-refractivity contribution is 5.82. The van der Waals surface area contributed by atoms with Gasteiger partial charge in [-0.2, -0.15) is 13.2 Å². The van der Waals surface area contributed by atoms with Gasteiger partial charge in [-0.1, -0.05) is 36.4 Å². The van der Waals surface area contributed by atoms with Gasteiger partial charge in [0.25, 0.3) is 5.91 Å². The summed E-state index contributed by atoms with van der Waals surface area (Å²) in [5.41, 5.74) is 2.53. The lowest BCUT2D eigenvalue weighted by molar-refractivity contribution is -0.255. The minimum Gasteiger partial charge on any atom is -0.465 e. The predicted molar refractivity (Wildman–Crippen MR) is 121 cm³/mol. The SMILES string of the molecule is O=C(O)N[C@H]1C[C@H](C(=O)N2CCc3ccccc3[C@@H]2c2ccc(F)cc2)OC[C@@H]1O[C@@H](CO)C(F)(F)F. The maximum Gasteiger partial charge on any atom is 0.416 e. The molecule has 0 aromatic heterocycles. The summed E-state index contributed by atoms with van der Waals surface area (Å²) in [6, 6.07) is 11.5. The highest BCUT2D eigenvalue weighted by atomic mass is 19.4. The van der Waals surface area contributed by atoms with E-state index in [1.807, 2.05) is 24.3 Å². The van der Waals surface area contributed by atoms with Crippen LogP contribution in [0.25, 0.3) is 0 Å². The summed E-state index contributed by atoms with van der Waals surface area (Å²) in [5, 5.41) is 20.4. The molecule has 5 atom stereocenters. The number of nitrogens with zero attached hydrogens (tertiary/aromatic N) is 1. The molecule has 1 saturated heterocycles. The molecule has 0 spiro atoms. The molecule has 12 heteroatoms. The Hall–Kier alpha value is -3.22. The number of amides is 2. The highest BCUT2D eigenvalue weighted by Crippen LogP contribution is 2.37. The second-order valence-electron chi connectivity index (χ2n) is 8.94. The van der Waals surface area contributed by atoms with E-state index in [0.717, 1.165) is 11.1 Å². The van der Waals surface area contributed by atoms with Gasteiger partial charge in [0, 0.05) is 13.0 Å². The van der Waals surface area contributed by atoms with Gasteiger partial charge in [0.2, 0.25) is 0 Å². The average molecular weight is 526 g/mol. The summed E-state index contributed by atoms with van der Waals surface area (Å²) >= 11 is 0. The number of carboxylic acid groups (broad SMARTS) is 1. The maximum absolute atomic E-state index is 13.7. The molecular formula is C25H26F4N2O6. The number of aliphatic hydroxyl groups excluding tert-OH is 1. The summed E-state index contributed by atoms with van der Waals surface area (Å²) < 4.78 is 63.5. The van der Waals surface area contributed by atoms with E-state index in [4.69, 9.17) is 14.6 Å². The van der Waals surface area contributed by atoms with Crippen LogP contribution in [0, 0.1) is 5.82 Å². The number of ether oxygens (including phenoxy) is 2. The third kappa shape index (κ3) is 6.03. The van der Waals surface area contributed by atoms with E-state index in [1.165, 1.54) is 12.1 Å². The number of benzene rings is 2. The van der Waals surface area contributed by atoms with Crippen LogP contribution in [-0.4, -0.2) is 77.4 Å². The number of alkyl halides is 3. The molecule has 2 aromatic carbocycles. The third-order valence-corrected chi connectivity index (χ3v) is 6.58. The van der Waals surface area contributed by atoms with Crippen molar-refractivity contribution in [2.24, 2.45) is 0 Å². The lowest BCUT2D eigenvalue weighted by Gasteiger charge is -2.42. The Morgan fingerprint density at radius 1 is 1.16 bits per heavy atom. The first-order valence-electron chi connectivity index (χ1n) is 11.7. The molecule has 2 aliphatic heterocycles. The lowest BCUT2D eigenvalue weighted by Crippen LogP contribution is -2.58. The Morgan fingerprint density at radius 3 is 2.51 bits per heavy atom. The lowest BCUT2D eigenvalue weighted by atomic mass is 9.87. The Morgan fingerprint density at radius 2 is 1.86 bits per heavy atom. The van der Waals surface area contributed by atoms with Crippen molar-refractivity contribution >= 4 is 12.0 Å². The van der Waals surface area contributed by atoms with Gasteiger partial charge in [0.05, 0.1) is 25.3 Å². The zero-order chi connectivity index (χ0) is 26.7. The van der Waals surface area contributed by atoms with Gasteiger partial charge in [-0.05, 0) is 35.2 Å². The monoisotopic (exact) mass is 526 g/mol. The van der Waals surface area contributed by atoms with Crippen molar-refractivity contribution in [2.45, 2.75) is 49.4 Å². The first-order valence-corrected chi connectivity index (χ1v) is 11.7. The number of fused-ring (bicyclic) bond motifs is 1. The normalized spacial score (nSPS) is 24.7. The molecule has 0 aliphatic carbocycles. The molecule has 2 amide bonds. The van der Waals surface area contributed by atoms with Crippen molar-refractivity contribution in [3.63, 3.8) is 0 Å². The number of aliphatic hydroxyl groups is 1. The number of nitrogens with one attached hydrogen (secondary N) is 1. The van der Waals surface area contributed by atoms with E-state index in [-0.39, 0.29) is 6.42 Å². The molecule has 0 radical (unpaired) electrons. The van der Waals surface area contributed by atoms with Crippen molar-refractivity contribution in [2.75, 3.05) is 19.8 Å². The standard InChI is InChI=1S/C25H26F4N2O6/c26-16-7-5-15(6-8-16)22-17-4-2-1-3-14(17)9-10-31(22)23(33)19-11-18(30-24(34)35)20(13-36-19)37-21(12-32)25(27,28)29/h1-8,18-22,30,32H,9-13H2,(H,34,35)/t18-,19+,20-,21-,22-/m0/s1. The van der Waals surface area contributed by atoms with E-state index in [1.54, 1.807) is 17.0 Å². The van der Waals surface area contributed by atoms with E-state index < -0.39 is 67.6 Å². The topological polar surface area (TPSA) is 108 Å². The summed E-state index contributed by atoms with van der Waals surface area (Å²) in [6.45, 7) is -1.55. The van der Waals surface area contributed by atoms with Gasteiger partial charge in [0.15, 0.2) is 6.10 Å². The zero-order valence-electron chi connectivity index (χ0n) is 19.5. The molecule has 37 heavy (non-hydrogen) atoms. The van der Waals surface area contributed by atoms with Crippen LogP contribution in [0.15, 0.2) is 48.5 Å². The minimum absolute atomic E-state index is 0.278. The van der Waals surface area contributed by atoms with Gasteiger partial charge in [-0.25, -0.2) is 9.18 Å². The fourth-order valence-corrected chi connectivity index (χ4v) is 4.82. The summed E-state index contributed by atoms with van der Waals surface area (Å²) in [7, 11) is 0. The van der Waals surface area contributed by atoms with Crippen molar-refractivity contribution in [3.8, 4) is 0 Å². The van der Waals surface area contributed by atoms with Crippen LogP contribution in [0.5, 0.6) is 0 Å². The van der Waals surface area contributed by atoms with Gasteiger partial charge in [-0.3, -0.25) is 4.79 Å². The van der Waals surface area contributed by atoms with Crippen molar-refractivity contribution in [1.29, 1.82) is 0 Å². The van der Waals surface area contributed by atoms with Gasteiger partial charge in [-0.15, -0.1) is 0 Å². The second kappa shape index (κ2) is 11.0. The van der Waals surface area contributed by atoms with Crippen LogP contribution in [0.2, 0.25) is 0 Å². The van der Waals surface area contributed by atoms with Crippen molar-refractivity contribution < 1.29 is 46.8 Å². The van der Waals surface area contributed by atoms with E-state index in [2.05, 4.69) is 5.32 Å². The summed E-state index contributed by atoms with van der Waals surface area (Å²) in [6.07, 6.45) is -11.2. The molecule has 0 bridgehead atoms. The largest absolute Gasteiger partial charge is 0.465 e. The van der Waals surface area contributed by atoms with Crippen molar-refractivity contribution in [3.05, 3.63) is 71.0 Å². The molecule has 1 fully saturated rings. The van der Waals surface area contributed by atoms with E-state index >= 15 is 0 Å². The Bertz CT molecular complexity index is 1110. The number of carbonyl (C=O) groups is 2. The Kier molecular flexibility index (Phi) is 8.00. The highest BCUT2D eigenvalue weighted by Gasteiger charge is 2.46. The number of halogens is 4. The molecule has 2 aromatic rings. The first-order chi connectivity index (χ1) is 17.6.